The van der Waals surface area contributed by atoms with Gasteiger partial charge in [-0.2, -0.15) is 0 Å². The van der Waals surface area contributed by atoms with Crippen LogP contribution in [0.1, 0.15) is 34.6 Å². The fourth-order valence-electron chi connectivity index (χ4n) is 2.33. The number of carbonyl (C=O) groups is 2. The second kappa shape index (κ2) is 4.07. The zero-order valence-electron chi connectivity index (χ0n) is 10.7. The Balaban J connectivity index is 2.42. The summed E-state index contributed by atoms with van der Waals surface area (Å²) in [6.45, 7) is 10.3. The molecule has 16 heavy (non-hydrogen) atoms. The lowest BCUT2D eigenvalue weighted by Crippen LogP contribution is -2.33. The normalized spacial score (nSPS) is 21.3. The average Bonchev–Trinajstić information content (AvgIpc) is 2.54. The van der Waals surface area contributed by atoms with E-state index in [0.29, 0.717) is 6.61 Å². The van der Waals surface area contributed by atoms with Crippen molar-refractivity contribution in [2.45, 2.75) is 34.6 Å². The summed E-state index contributed by atoms with van der Waals surface area (Å²) in [6.07, 6.45) is 0. The van der Waals surface area contributed by atoms with Gasteiger partial charge in [-0.3, -0.25) is 9.59 Å². The number of ether oxygens (including phenoxy) is 1. The van der Waals surface area contributed by atoms with Crippen LogP contribution in [0.4, 0.5) is 0 Å². The van der Waals surface area contributed by atoms with Gasteiger partial charge < -0.3 is 10.1 Å². The Morgan fingerprint density at radius 3 is 2.06 bits per heavy atom. The second-order valence-electron chi connectivity index (χ2n) is 5.40. The Bertz CT molecular complexity index is 293. The van der Waals surface area contributed by atoms with Gasteiger partial charge in [0.2, 0.25) is 5.91 Å². The molecule has 0 aromatic rings. The number of rotatable bonds is 4. The number of esters is 1. The third kappa shape index (κ3) is 2.06. The smallest absolute Gasteiger partial charge is 0.325 e. The molecule has 1 N–H and O–H groups in total. The molecule has 0 spiro atoms. The Hall–Kier alpha value is -1.06. The molecule has 0 aromatic heterocycles. The molecule has 0 bridgehead atoms. The van der Waals surface area contributed by atoms with E-state index in [9.17, 15) is 9.59 Å². The highest BCUT2D eigenvalue weighted by Gasteiger charge is 2.68. The van der Waals surface area contributed by atoms with Crippen molar-refractivity contribution >= 4 is 11.9 Å². The van der Waals surface area contributed by atoms with Crippen LogP contribution in [0, 0.1) is 16.7 Å². The van der Waals surface area contributed by atoms with E-state index in [0.717, 1.165) is 0 Å². The first kappa shape index (κ1) is 13.0. The Kier molecular flexibility index (Phi) is 3.31. The van der Waals surface area contributed by atoms with Crippen LogP contribution in [0.3, 0.4) is 0 Å². The molecule has 0 saturated heterocycles. The minimum Gasteiger partial charge on any atom is -0.465 e. The summed E-state index contributed by atoms with van der Waals surface area (Å²) in [4.78, 5) is 22.9. The van der Waals surface area contributed by atoms with Crippen LogP contribution < -0.4 is 5.32 Å². The van der Waals surface area contributed by atoms with Crippen LogP contribution in [0.25, 0.3) is 0 Å². The lowest BCUT2D eigenvalue weighted by molar-refractivity contribution is -0.143. The minimum atomic E-state index is -0.382. The van der Waals surface area contributed by atoms with Gasteiger partial charge in [0.15, 0.2) is 0 Å². The predicted octanol–water partition coefficient (Wildman–Crippen LogP) is 1.35. The van der Waals surface area contributed by atoms with E-state index in [1.165, 1.54) is 0 Å². The van der Waals surface area contributed by atoms with Gasteiger partial charge >= 0.3 is 5.97 Å². The highest BCUT2D eigenvalue weighted by Crippen LogP contribution is 2.68. The van der Waals surface area contributed by atoms with Crippen molar-refractivity contribution in [2.75, 3.05) is 13.2 Å². The first-order chi connectivity index (χ1) is 7.25. The molecule has 1 aliphatic carbocycles. The standard InChI is InChI=1S/C12H21NO3/c1-6-16-8(14)7-13-10(15)9-11(2,3)12(9,4)5/h9H,6-7H2,1-5H3,(H,13,15). The van der Waals surface area contributed by atoms with Gasteiger partial charge in [0, 0.05) is 5.92 Å². The molecule has 1 rings (SSSR count). The number of hydrogen-bond acceptors (Lipinski definition) is 3. The predicted molar refractivity (Wildman–Crippen MR) is 60.7 cm³/mol. The van der Waals surface area contributed by atoms with Gasteiger partial charge in [-0.05, 0) is 17.8 Å². The van der Waals surface area contributed by atoms with Crippen molar-refractivity contribution in [3.63, 3.8) is 0 Å². The van der Waals surface area contributed by atoms with E-state index < -0.39 is 0 Å². The Morgan fingerprint density at radius 2 is 1.69 bits per heavy atom. The summed E-state index contributed by atoms with van der Waals surface area (Å²) < 4.78 is 4.74. The molecule has 1 fully saturated rings. The maximum Gasteiger partial charge on any atom is 0.325 e. The molecular weight excluding hydrogens is 206 g/mol. The van der Waals surface area contributed by atoms with Gasteiger partial charge in [0.05, 0.1) is 6.61 Å². The number of hydrogen-bond donors (Lipinski definition) is 1. The molecule has 0 atom stereocenters. The quantitative estimate of drug-likeness (QED) is 0.737. The Morgan fingerprint density at radius 1 is 1.19 bits per heavy atom. The largest absolute Gasteiger partial charge is 0.465 e. The Labute approximate surface area is 96.7 Å². The summed E-state index contributed by atoms with van der Waals surface area (Å²) >= 11 is 0. The van der Waals surface area contributed by atoms with Crippen molar-refractivity contribution in [3.05, 3.63) is 0 Å². The van der Waals surface area contributed by atoms with Crippen LogP contribution in [0.15, 0.2) is 0 Å². The van der Waals surface area contributed by atoms with E-state index in [1.54, 1.807) is 6.92 Å². The molecule has 1 aliphatic rings. The van der Waals surface area contributed by atoms with Gasteiger partial charge in [0.25, 0.3) is 0 Å². The highest BCUT2D eigenvalue weighted by atomic mass is 16.5. The van der Waals surface area contributed by atoms with E-state index in [4.69, 9.17) is 4.74 Å². The summed E-state index contributed by atoms with van der Waals surface area (Å²) in [5.74, 6) is -0.454. The van der Waals surface area contributed by atoms with E-state index >= 15 is 0 Å². The molecule has 0 unspecified atom stereocenters. The van der Waals surface area contributed by atoms with Crippen molar-refractivity contribution in [3.8, 4) is 0 Å². The van der Waals surface area contributed by atoms with E-state index in [2.05, 4.69) is 33.0 Å². The zero-order valence-corrected chi connectivity index (χ0v) is 10.7. The first-order valence-electron chi connectivity index (χ1n) is 5.68. The summed E-state index contributed by atoms with van der Waals surface area (Å²) in [7, 11) is 0. The van der Waals surface area contributed by atoms with Crippen molar-refractivity contribution < 1.29 is 14.3 Å². The third-order valence-corrected chi connectivity index (χ3v) is 4.00. The van der Waals surface area contributed by atoms with Crippen LogP contribution >= 0.6 is 0 Å². The van der Waals surface area contributed by atoms with Crippen LogP contribution in [-0.4, -0.2) is 25.0 Å². The zero-order chi connectivity index (χ0) is 12.6. The van der Waals surface area contributed by atoms with Gasteiger partial charge in [-0.15, -0.1) is 0 Å². The number of nitrogens with one attached hydrogen (secondary N) is 1. The van der Waals surface area contributed by atoms with Crippen LogP contribution in [0.2, 0.25) is 0 Å². The van der Waals surface area contributed by atoms with Gasteiger partial charge in [-0.25, -0.2) is 0 Å². The fourth-order valence-corrected chi connectivity index (χ4v) is 2.33. The van der Waals surface area contributed by atoms with Crippen LogP contribution in [0.5, 0.6) is 0 Å². The van der Waals surface area contributed by atoms with Crippen molar-refractivity contribution in [2.24, 2.45) is 16.7 Å². The molecule has 4 nitrogen and oxygen atoms in total. The van der Waals surface area contributed by atoms with Crippen molar-refractivity contribution in [1.82, 2.24) is 5.32 Å². The molecule has 0 radical (unpaired) electrons. The number of amides is 1. The summed E-state index contributed by atoms with van der Waals surface area (Å²) in [6, 6.07) is 0. The SMILES string of the molecule is CCOC(=O)CNC(=O)C1C(C)(C)C1(C)C. The first-order valence-corrected chi connectivity index (χ1v) is 5.68. The monoisotopic (exact) mass is 227 g/mol. The molecular formula is C12H21NO3. The maximum atomic E-state index is 11.8. The van der Waals surface area contributed by atoms with Crippen LogP contribution in [-0.2, 0) is 14.3 Å². The maximum absolute atomic E-state index is 11.8. The summed E-state index contributed by atoms with van der Waals surface area (Å²) in [5, 5.41) is 2.63. The lowest BCUT2D eigenvalue weighted by Gasteiger charge is -2.05. The lowest BCUT2D eigenvalue weighted by atomic mass is 10.0. The molecule has 0 aliphatic heterocycles. The second-order valence-corrected chi connectivity index (χ2v) is 5.40. The molecule has 4 heteroatoms. The van der Waals surface area contributed by atoms with E-state index in [1.807, 2.05) is 0 Å². The molecule has 0 aromatic carbocycles. The average molecular weight is 227 g/mol. The number of carbonyl (C=O) groups excluding carboxylic acids is 2. The summed E-state index contributed by atoms with van der Waals surface area (Å²) in [5.41, 5.74) is 0.0114. The minimum absolute atomic E-state index is 0.00570. The fraction of sp³-hybridized carbons (Fsp3) is 0.833. The molecule has 92 valence electrons. The third-order valence-electron chi connectivity index (χ3n) is 4.00. The molecule has 1 saturated carbocycles. The highest BCUT2D eigenvalue weighted by molar-refractivity contribution is 5.87. The molecule has 1 amide bonds. The molecule has 0 heterocycles. The van der Waals surface area contributed by atoms with Gasteiger partial charge in [0.1, 0.15) is 6.54 Å². The van der Waals surface area contributed by atoms with E-state index in [-0.39, 0.29) is 35.2 Å². The topological polar surface area (TPSA) is 55.4 Å². The van der Waals surface area contributed by atoms with Gasteiger partial charge in [-0.1, -0.05) is 27.7 Å². The van der Waals surface area contributed by atoms with Crippen molar-refractivity contribution in [1.29, 1.82) is 0 Å².